The first-order chi connectivity index (χ1) is 6.84. The Morgan fingerprint density at radius 3 is 3.07 bits per heavy atom. The average Bonchev–Trinajstić information content (AvgIpc) is 2.19. The van der Waals surface area contributed by atoms with E-state index in [-0.39, 0.29) is 6.10 Å². The lowest BCUT2D eigenvalue weighted by atomic mass is 9.93. The Kier molecular flexibility index (Phi) is 2.99. The van der Waals surface area contributed by atoms with Crippen LogP contribution in [0.3, 0.4) is 0 Å². The third-order valence-corrected chi connectivity index (χ3v) is 2.60. The van der Waals surface area contributed by atoms with Crippen LogP contribution < -0.4 is 10.5 Å². The van der Waals surface area contributed by atoms with E-state index in [2.05, 4.69) is 4.98 Å². The Morgan fingerprint density at radius 1 is 1.43 bits per heavy atom. The monoisotopic (exact) mass is 192 g/mol. The van der Waals surface area contributed by atoms with E-state index < -0.39 is 0 Å². The molecule has 1 fully saturated rings. The van der Waals surface area contributed by atoms with E-state index in [0.717, 1.165) is 25.0 Å². The third-order valence-electron chi connectivity index (χ3n) is 2.60. The normalized spacial score (nSPS) is 27.2. The van der Waals surface area contributed by atoms with Crippen LogP contribution in [0.25, 0.3) is 0 Å². The second-order valence-electron chi connectivity index (χ2n) is 3.86. The van der Waals surface area contributed by atoms with Gasteiger partial charge >= 0.3 is 0 Å². The van der Waals surface area contributed by atoms with Gasteiger partial charge in [-0.15, -0.1) is 0 Å². The number of aromatic nitrogens is 1. The molecule has 2 rings (SSSR count). The Bertz CT molecular complexity index is 276. The van der Waals surface area contributed by atoms with Crippen LogP contribution in [-0.4, -0.2) is 17.1 Å². The van der Waals surface area contributed by atoms with Gasteiger partial charge in [0.1, 0.15) is 11.9 Å². The maximum Gasteiger partial charge on any atom is 0.137 e. The lowest BCUT2D eigenvalue weighted by molar-refractivity contribution is 0.144. The first kappa shape index (κ1) is 9.46. The molecule has 14 heavy (non-hydrogen) atoms. The molecule has 2 unspecified atom stereocenters. The Labute approximate surface area is 84.3 Å². The van der Waals surface area contributed by atoms with Gasteiger partial charge in [0.15, 0.2) is 0 Å². The van der Waals surface area contributed by atoms with E-state index in [1.165, 1.54) is 6.42 Å². The molecule has 0 saturated heterocycles. The Balaban J connectivity index is 1.91. The number of nitrogens with two attached hydrogens (primary N) is 1. The van der Waals surface area contributed by atoms with Gasteiger partial charge in [-0.05, 0) is 37.8 Å². The average molecular weight is 192 g/mol. The van der Waals surface area contributed by atoms with Crippen LogP contribution >= 0.6 is 0 Å². The molecule has 0 aliphatic heterocycles. The maximum absolute atomic E-state index is 5.88. The number of ether oxygens (including phenoxy) is 1. The molecule has 1 aromatic heterocycles. The predicted octanol–water partition coefficient (Wildman–Crippen LogP) is 1.73. The summed E-state index contributed by atoms with van der Waals surface area (Å²) in [4.78, 5) is 4.01. The molecular formula is C11H16N2O. The number of hydrogen-bond acceptors (Lipinski definition) is 3. The molecule has 2 N–H and O–H groups in total. The Morgan fingerprint density at radius 2 is 2.36 bits per heavy atom. The van der Waals surface area contributed by atoms with Crippen LogP contribution in [0.1, 0.15) is 25.7 Å². The van der Waals surface area contributed by atoms with Crippen molar-refractivity contribution >= 4 is 0 Å². The summed E-state index contributed by atoms with van der Waals surface area (Å²) < 4.78 is 5.78. The number of pyridine rings is 1. The number of nitrogens with zero attached hydrogens (tertiary/aromatic N) is 1. The van der Waals surface area contributed by atoms with Gasteiger partial charge in [-0.25, -0.2) is 0 Å². The summed E-state index contributed by atoms with van der Waals surface area (Å²) in [5, 5.41) is 0. The zero-order chi connectivity index (χ0) is 9.80. The number of hydrogen-bond donors (Lipinski definition) is 1. The van der Waals surface area contributed by atoms with Crippen molar-refractivity contribution in [3.63, 3.8) is 0 Å². The van der Waals surface area contributed by atoms with Crippen LogP contribution in [-0.2, 0) is 0 Å². The van der Waals surface area contributed by atoms with Gasteiger partial charge in [-0.3, -0.25) is 4.98 Å². The molecule has 3 heteroatoms. The molecule has 0 amide bonds. The molecule has 1 saturated carbocycles. The van der Waals surface area contributed by atoms with Crippen molar-refractivity contribution in [2.45, 2.75) is 37.8 Å². The van der Waals surface area contributed by atoms with Crippen molar-refractivity contribution in [3.05, 3.63) is 24.5 Å². The van der Waals surface area contributed by atoms with Gasteiger partial charge in [-0.2, -0.15) is 0 Å². The van der Waals surface area contributed by atoms with Gasteiger partial charge in [0, 0.05) is 12.2 Å². The van der Waals surface area contributed by atoms with Crippen LogP contribution in [0.5, 0.6) is 5.75 Å². The first-order valence-electron chi connectivity index (χ1n) is 5.17. The lowest BCUT2D eigenvalue weighted by Gasteiger charge is -2.27. The van der Waals surface area contributed by atoms with E-state index in [0.29, 0.717) is 6.04 Å². The molecule has 0 spiro atoms. The van der Waals surface area contributed by atoms with Gasteiger partial charge in [-0.1, -0.05) is 0 Å². The van der Waals surface area contributed by atoms with Gasteiger partial charge in [0.05, 0.1) is 6.20 Å². The summed E-state index contributed by atoms with van der Waals surface area (Å²) in [5.74, 6) is 0.853. The van der Waals surface area contributed by atoms with Crippen molar-refractivity contribution in [2.75, 3.05) is 0 Å². The van der Waals surface area contributed by atoms with Crippen LogP contribution in [0.4, 0.5) is 0 Å². The van der Waals surface area contributed by atoms with Crippen molar-refractivity contribution in [1.29, 1.82) is 0 Å². The molecule has 1 heterocycles. The van der Waals surface area contributed by atoms with Crippen molar-refractivity contribution in [2.24, 2.45) is 5.73 Å². The molecular weight excluding hydrogens is 176 g/mol. The standard InChI is InChI=1S/C11H16N2O/c12-9-3-1-4-10(7-9)14-11-5-2-6-13-8-11/h2,5-6,8-10H,1,3-4,7,12H2. The van der Waals surface area contributed by atoms with Gasteiger partial charge in [0.25, 0.3) is 0 Å². The summed E-state index contributed by atoms with van der Waals surface area (Å²) >= 11 is 0. The van der Waals surface area contributed by atoms with E-state index in [4.69, 9.17) is 10.5 Å². The fourth-order valence-corrected chi connectivity index (χ4v) is 1.90. The summed E-state index contributed by atoms with van der Waals surface area (Å²) in [7, 11) is 0. The quantitative estimate of drug-likeness (QED) is 0.776. The van der Waals surface area contributed by atoms with Gasteiger partial charge in [0.2, 0.25) is 0 Å². The largest absolute Gasteiger partial charge is 0.489 e. The topological polar surface area (TPSA) is 48.1 Å². The second kappa shape index (κ2) is 4.42. The molecule has 1 aliphatic carbocycles. The minimum Gasteiger partial charge on any atom is -0.489 e. The fraction of sp³-hybridized carbons (Fsp3) is 0.545. The maximum atomic E-state index is 5.88. The first-order valence-corrected chi connectivity index (χ1v) is 5.17. The second-order valence-corrected chi connectivity index (χ2v) is 3.86. The molecule has 2 atom stereocenters. The summed E-state index contributed by atoms with van der Waals surface area (Å²) in [5.41, 5.74) is 5.88. The van der Waals surface area contributed by atoms with Crippen molar-refractivity contribution in [1.82, 2.24) is 4.98 Å². The van der Waals surface area contributed by atoms with Gasteiger partial charge < -0.3 is 10.5 Å². The van der Waals surface area contributed by atoms with E-state index in [1.807, 2.05) is 12.1 Å². The van der Waals surface area contributed by atoms with Crippen LogP contribution in [0.2, 0.25) is 0 Å². The highest BCUT2D eigenvalue weighted by Crippen LogP contribution is 2.21. The highest BCUT2D eigenvalue weighted by Gasteiger charge is 2.20. The van der Waals surface area contributed by atoms with E-state index >= 15 is 0 Å². The van der Waals surface area contributed by atoms with Crippen LogP contribution in [0, 0.1) is 0 Å². The van der Waals surface area contributed by atoms with Crippen molar-refractivity contribution in [3.8, 4) is 5.75 Å². The minimum atomic E-state index is 0.281. The predicted molar refractivity (Wildman–Crippen MR) is 55.1 cm³/mol. The Hall–Kier alpha value is -1.09. The SMILES string of the molecule is NC1CCCC(Oc2cccnc2)C1. The van der Waals surface area contributed by atoms with Crippen LogP contribution in [0.15, 0.2) is 24.5 Å². The highest BCUT2D eigenvalue weighted by atomic mass is 16.5. The highest BCUT2D eigenvalue weighted by molar-refractivity contribution is 5.15. The minimum absolute atomic E-state index is 0.281. The zero-order valence-electron chi connectivity index (χ0n) is 8.23. The smallest absolute Gasteiger partial charge is 0.137 e. The molecule has 0 aromatic carbocycles. The van der Waals surface area contributed by atoms with Crippen molar-refractivity contribution < 1.29 is 4.74 Å². The number of rotatable bonds is 2. The summed E-state index contributed by atoms with van der Waals surface area (Å²) in [6.45, 7) is 0. The molecule has 3 nitrogen and oxygen atoms in total. The summed E-state index contributed by atoms with van der Waals surface area (Å²) in [6, 6.07) is 4.14. The molecule has 1 aliphatic rings. The fourth-order valence-electron chi connectivity index (χ4n) is 1.90. The third kappa shape index (κ3) is 2.45. The lowest BCUT2D eigenvalue weighted by Crippen LogP contribution is -2.33. The van der Waals surface area contributed by atoms with E-state index in [9.17, 15) is 0 Å². The molecule has 0 bridgehead atoms. The molecule has 0 radical (unpaired) electrons. The molecule has 1 aromatic rings. The van der Waals surface area contributed by atoms with E-state index in [1.54, 1.807) is 12.4 Å². The molecule has 76 valence electrons. The summed E-state index contributed by atoms with van der Waals surface area (Å²) in [6.07, 6.45) is 8.17. The zero-order valence-corrected chi connectivity index (χ0v) is 8.23.